The van der Waals surface area contributed by atoms with Crippen LogP contribution in [-0.2, 0) is 0 Å². The van der Waals surface area contributed by atoms with Crippen LogP contribution in [0, 0.1) is 0 Å². The quantitative estimate of drug-likeness (QED) is 0.767. The van der Waals surface area contributed by atoms with Crippen molar-refractivity contribution in [3.05, 3.63) is 36.4 Å². The van der Waals surface area contributed by atoms with E-state index in [1.807, 2.05) is 0 Å². The second kappa shape index (κ2) is 3.81. The topological polar surface area (TPSA) is 29.5 Å². The van der Waals surface area contributed by atoms with Crippen molar-refractivity contribution in [1.29, 1.82) is 0 Å². The molecule has 1 aromatic rings. The minimum absolute atomic E-state index is 0.157. The summed E-state index contributed by atoms with van der Waals surface area (Å²) in [6.45, 7) is 7.25. The zero-order chi connectivity index (χ0) is 9.84. The molecule has 1 aromatic carbocycles. The predicted molar refractivity (Wildman–Crippen MR) is 54.8 cm³/mol. The fourth-order valence-electron chi connectivity index (χ4n) is 1.14. The molecule has 68 valence electrons. The molecule has 0 atom stereocenters. The number of hydrogen-bond donors (Lipinski definition) is 1. The van der Waals surface area contributed by atoms with Gasteiger partial charge in [-0.25, -0.2) is 0 Å². The summed E-state index contributed by atoms with van der Waals surface area (Å²) in [6, 6.07) is 3.34. The maximum atomic E-state index is 9.54. The number of methoxy groups -OCH3 is 1. The van der Waals surface area contributed by atoms with E-state index >= 15 is 0 Å². The fraction of sp³-hybridized carbons (Fsp3) is 0.0909. The molecule has 0 saturated carbocycles. The van der Waals surface area contributed by atoms with Crippen LogP contribution in [0.3, 0.4) is 0 Å². The standard InChI is InChI=1S/C11H12O2/c1-4-8-6-9(13-3)7-11(12)10(8)5-2/h4-7,12H,1-2H2,3H3. The van der Waals surface area contributed by atoms with Gasteiger partial charge in [-0.15, -0.1) is 0 Å². The average molecular weight is 176 g/mol. The number of phenols is 1. The van der Waals surface area contributed by atoms with E-state index in [4.69, 9.17) is 4.74 Å². The van der Waals surface area contributed by atoms with Crippen LogP contribution in [0.15, 0.2) is 25.3 Å². The van der Waals surface area contributed by atoms with E-state index in [9.17, 15) is 5.11 Å². The molecule has 0 aliphatic carbocycles. The molecule has 2 heteroatoms. The molecule has 0 aliphatic heterocycles. The maximum absolute atomic E-state index is 9.54. The van der Waals surface area contributed by atoms with Gasteiger partial charge in [0.1, 0.15) is 11.5 Å². The molecule has 0 aliphatic rings. The highest BCUT2D eigenvalue weighted by Crippen LogP contribution is 2.29. The monoisotopic (exact) mass is 176 g/mol. The summed E-state index contributed by atoms with van der Waals surface area (Å²) in [5.41, 5.74) is 1.49. The van der Waals surface area contributed by atoms with Crippen LogP contribution in [-0.4, -0.2) is 12.2 Å². The van der Waals surface area contributed by atoms with Crippen LogP contribution in [0.4, 0.5) is 0 Å². The molecular weight excluding hydrogens is 164 g/mol. The van der Waals surface area contributed by atoms with Gasteiger partial charge in [-0.1, -0.05) is 25.3 Å². The number of ether oxygens (including phenoxy) is 1. The first kappa shape index (κ1) is 9.39. The first-order valence-electron chi connectivity index (χ1n) is 3.88. The molecule has 13 heavy (non-hydrogen) atoms. The molecule has 0 bridgehead atoms. The summed E-state index contributed by atoms with van der Waals surface area (Å²) in [6.07, 6.45) is 3.24. The maximum Gasteiger partial charge on any atom is 0.127 e. The van der Waals surface area contributed by atoms with Crippen molar-refractivity contribution in [3.63, 3.8) is 0 Å². The molecule has 0 heterocycles. The van der Waals surface area contributed by atoms with E-state index in [1.165, 1.54) is 0 Å². The van der Waals surface area contributed by atoms with Crippen LogP contribution in [0.5, 0.6) is 11.5 Å². The van der Waals surface area contributed by atoms with E-state index in [0.29, 0.717) is 11.3 Å². The van der Waals surface area contributed by atoms with E-state index in [0.717, 1.165) is 5.56 Å². The molecule has 0 radical (unpaired) electrons. The zero-order valence-electron chi connectivity index (χ0n) is 7.58. The minimum atomic E-state index is 0.157. The minimum Gasteiger partial charge on any atom is -0.507 e. The third-order valence-electron chi connectivity index (χ3n) is 1.82. The first-order valence-corrected chi connectivity index (χ1v) is 3.88. The summed E-state index contributed by atoms with van der Waals surface area (Å²) in [7, 11) is 1.55. The smallest absolute Gasteiger partial charge is 0.127 e. The molecule has 2 nitrogen and oxygen atoms in total. The Balaban J connectivity index is 3.36. The molecule has 1 N–H and O–H groups in total. The Kier molecular flexibility index (Phi) is 2.75. The van der Waals surface area contributed by atoms with Gasteiger partial charge >= 0.3 is 0 Å². The summed E-state index contributed by atoms with van der Waals surface area (Å²) in [5, 5.41) is 9.54. The van der Waals surface area contributed by atoms with Crippen molar-refractivity contribution in [2.75, 3.05) is 7.11 Å². The Labute approximate surface area is 77.8 Å². The molecule has 1 rings (SSSR count). The Morgan fingerprint density at radius 3 is 2.46 bits per heavy atom. The third-order valence-corrected chi connectivity index (χ3v) is 1.82. The Morgan fingerprint density at radius 1 is 1.31 bits per heavy atom. The van der Waals surface area contributed by atoms with Crippen LogP contribution in [0.25, 0.3) is 12.2 Å². The van der Waals surface area contributed by atoms with Gasteiger partial charge in [0.25, 0.3) is 0 Å². The van der Waals surface area contributed by atoms with E-state index in [2.05, 4.69) is 13.2 Å². The molecular formula is C11H12O2. The molecule has 0 spiro atoms. The van der Waals surface area contributed by atoms with Crippen molar-refractivity contribution in [1.82, 2.24) is 0 Å². The van der Waals surface area contributed by atoms with Crippen molar-refractivity contribution < 1.29 is 9.84 Å². The SMILES string of the molecule is C=Cc1cc(OC)cc(O)c1C=C. The lowest BCUT2D eigenvalue weighted by Gasteiger charge is -2.07. The Hall–Kier alpha value is -1.70. The van der Waals surface area contributed by atoms with Crippen molar-refractivity contribution in [3.8, 4) is 11.5 Å². The Bertz CT molecular complexity index is 340. The average Bonchev–Trinajstić information content (AvgIpc) is 2.16. The van der Waals surface area contributed by atoms with Gasteiger partial charge < -0.3 is 9.84 Å². The van der Waals surface area contributed by atoms with E-state index < -0.39 is 0 Å². The van der Waals surface area contributed by atoms with Crippen molar-refractivity contribution in [2.24, 2.45) is 0 Å². The van der Waals surface area contributed by atoms with Crippen molar-refractivity contribution >= 4 is 12.2 Å². The Morgan fingerprint density at radius 2 is 2.00 bits per heavy atom. The van der Waals surface area contributed by atoms with Gasteiger partial charge in [0.05, 0.1) is 7.11 Å². The predicted octanol–water partition coefficient (Wildman–Crippen LogP) is 2.69. The molecule has 0 aromatic heterocycles. The van der Waals surface area contributed by atoms with Crippen LogP contribution in [0.2, 0.25) is 0 Å². The summed E-state index contributed by atoms with van der Waals surface area (Å²) >= 11 is 0. The largest absolute Gasteiger partial charge is 0.507 e. The van der Waals surface area contributed by atoms with Gasteiger partial charge in [-0.2, -0.15) is 0 Å². The number of aromatic hydroxyl groups is 1. The lowest BCUT2D eigenvalue weighted by molar-refractivity contribution is 0.407. The van der Waals surface area contributed by atoms with E-state index in [-0.39, 0.29) is 5.75 Å². The summed E-state index contributed by atoms with van der Waals surface area (Å²) in [5.74, 6) is 0.766. The van der Waals surface area contributed by atoms with Crippen LogP contribution in [0.1, 0.15) is 11.1 Å². The third kappa shape index (κ3) is 1.72. The number of phenolic OH excluding ortho intramolecular Hbond substituents is 1. The highest BCUT2D eigenvalue weighted by atomic mass is 16.5. The molecule has 0 saturated heterocycles. The van der Waals surface area contributed by atoms with Gasteiger partial charge in [0.2, 0.25) is 0 Å². The number of hydrogen-bond acceptors (Lipinski definition) is 2. The van der Waals surface area contributed by atoms with Crippen LogP contribution < -0.4 is 4.74 Å². The highest BCUT2D eigenvalue weighted by molar-refractivity contribution is 5.70. The molecule has 0 amide bonds. The molecule has 0 unspecified atom stereocenters. The fourth-order valence-corrected chi connectivity index (χ4v) is 1.14. The van der Waals surface area contributed by atoms with Gasteiger partial charge in [-0.05, 0) is 11.6 Å². The second-order valence-corrected chi connectivity index (χ2v) is 2.56. The summed E-state index contributed by atoms with van der Waals surface area (Å²) < 4.78 is 4.99. The van der Waals surface area contributed by atoms with Crippen LogP contribution >= 0.6 is 0 Å². The number of rotatable bonds is 3. The lowest BCUT2D eigenvalue weighted by Crippen LogP contribution is -1.87. The first-order chi connectivity index (χ1) is 6.22. The van der Waals surface area contributed by atoms with Gasteiger partial charge in [-0.3, -0.25) is 0 Å². The number of benzene rings is 1. The lowest BCUT2D eigenvalue weighted by atomic mass is 10.1. The van der Waals surface area contributed by atoms with Crippen molar-refractivity contribution in [2.45, 2.75) is 0 Å². The van der Waals surface area contributed by atoms with E-state index in [1.54, 1.807) is 31.4 Å². The zero-order valence-corrected chi connectivity index (χ0v) is 7.58. The van der Waals surface area contributed by atoms with Gasteiger partial charge in [0, 0.05) is 11.6 Å². The van der Waals surface area contributed by atoms with Gasteiger partial charge in [0.15, 0.2) is 0 Å². The normalized spacial score (nSPS) is 9.31. The summed E-state index contributed by atoms with van der Waals surface area (Å²) in [4.78, 5) is 0. The molecule has 0 fully saturated rings. The highest BCUT2D eigenvalue weighted by Gasteiger charge is 2.04. The second-order valence-electron chi connectivity index (χ2n) is 2.56.